The molecular weight excluding hydrogens is 209 g/mol. The second-order valence-corrected chi connectivity index (χ2v) is 4.12. The Morgan fingerprint density at radius 2 is 2.31 bits per heavy atom. The van der Waals surface area contributed by atoms with Gasteiger partial charge in [-0.2, -0.15) is 0 Å². The highest BCUT2D eigenvalue weighted by molar-refractivity contribution is 5.17. The molecule has 0 bridgehead atoms. The molecule has 1 aliphatic rings. The summed E-state index contributed by atoms with van der Waals surface area (Å²) in [6.45, 7) is 0. The van der Waals surface area contributed by atoms with Crippen LogP contribution in [-0.2, 0) is 4.74 Å². The summed E-state index contributed by atoms with van der Waals surface area (Å²) in [6, 6.07) is 1.23. The van der Waals surface area contributed by atoms with Crippen LogP contribution in [0.3, 0.4) is 0 Å². The van der Waals surface area contributed by atoms with Crippen LogP contribution < -0.4 is 11.3 Å². The molecular formula is C11H16FN3O. The van der Waals surface area contributed by atoms with Gasteiger partial charge in [-0.3, -0.25) is 16.3 Å². The highest BCUT2D eigenvalue weighted by Crippen LogP contribution is 2.39. The van der Waals surface area contributed by atoms with Gasteiger partial charge in [-0.25, -0.2) is 4.39 Å². The van der Waals surface area contributed by atoms with E-state index in [-0.39, 0.29) is 18.0 Å². The van der Waals surface area contributed by atoms with Crippen LogP contribution in [0.1, 0.15) is 24.4 Å². The van der Waals surface area contributed by atoms with Crippen molar-refractivity contribution in [1.29, 1.82) is 0 Å². The van der Waals surface area contributed by atoms with Gasteiger partial charge < -0.3 is 4.74 Å². The average Bonchev–Trinajstić information content (AvgIpc) is 3.09. The monoisotopic (exact) mass is 225 g/mol. The second kappa shape index (κ2) is 4.86. The zero-order valence-corrected chi connectivity index (χ0v) is 9.19. The van der Waals surface area contributed by atoms with E-state index < -0.39 is 0 Å². The highest BCUT2D eigenvalue weighted by atomic mass is 19.1. The van der Waals surface area contributed by atoms with E-state index in [0.717, 1.165) is 18.4 Å². The van der Waals surface area contributed by atoms with E-state index >= 15 is 0 Å². The summed E-state index contributed by atoms with van der Waals surface area (Å²) in [5, 5.41) is 0. The van der Waals surface area contributed by atoms with Crippen molar-refractivity contribution in [3.05, 3.63) is 29.8 Å². The molecule has 1 heterocycles. The van der Waals surface area contributed by atoms with E-state index in [1.807, 2.05) is 0 Å². The van der Waals surface area contributed by atoms with Gasteiger partial charge in [0.2, 0.25) is 0 Å². The summed E-state index contributed by atoms with van der Waals surface area (Å²) in [7, 11) is 1.65. The Balaban J connectivity index is 2.20. The van der Waals surface area contributed by atoms with E-state index in [2.05, 4.69) is 10.4 Å². The second-order valence-electron chi connectivity index (χ2n) is 4.12. The Kier molecular flexibility index (Phi) is 3.48. The predicted molar refractivity (Wildman–Crippen MR) is 57.8 cm³/mol. The lowest BCUT2D eigenvalue weighted by molar-refractivity contribution is 0.0505. The molecule has 0 amide bonds. The van der Waals surface area contributed by atoms with Gasteiger partial charge >= 0.3 is 0 Å². The molecule has 4 nitrogen and oxygen atoms in total. The third kappa shape index (κ3) is 2.37. The van der Waals surface area contributed by atoms with Gasteiger partial charge in [0.1, 0.15) is 5.82 Å². The summed E-state index contributed by atoms with van der Waals surface area (Å²) in [6.07, 6.45) is 5.05. The van der Waals surface area contributed by atoms with Crippen molar-refractivity contribution in [3.63, 3.8) is 0 Å². The van der Waals surface area contributed by atoms with Gasteiger partial charge in [0, 0.05) is 13.3 Å². The number of rotatable bonds is 5. The number of nitrogens with two attached hydrogens (primary N) is 1. The van der Waals surface area contributed by atoms with E-state index in [0.29, 0.717) is 5.92 Å². The first kappa shape index (κ1) is 11.4. The van der Waals surface area contributed by atoms with Crippen LogP contribution in [-0.4, -0.2) is 18.2 Å². The highest BCUT2D eigenvalue weighted by Gasteiger charge is 2.37. The minimum atomic E-state index is -0.358. The molecule has 2 unspecified atom stereocenters. The van der Waals surface area contributed by atoms with Crippen molar-refractivity contribution in [2.75, 3.05) is 7.11 Å². The summed E-state index contributed by atoms with van der Waals surface area (Å²) < 4.78 is 18.5. The molecule has 2 atom stereocenters. The predicted octanol–water partition coefficient (Wildman–Crippen LogP) is 1.15. The number of halogens is 1. The Hall–Kier alpha value is -1.04. The van der Waals surface area contributed by atoms with Crippen LogP contribution >= 0.6 is 0 Å². The smallest absolute Gasteiger partial charge is 0.141 e. The first-order valence-electron chi connectivity index (χ1n) is 5.35. The van der Waals surface area contributed by atoms with Gasteiger partial charge in [0.05, 0.1) is 18.3 Å². The van der Waals surface area contributed by atoms with Crippen molar-refractivity contribution < 1.29 is 9.13 Å². The summed E-state index contributed by atoms with van der Waals surface area (Å²) in [4.78, 5) is 3.82. The summed E-state index contributed by atoms with van der Waals surface area (Å²) in [5.41, 5.74) is 3.41. The molecule has 0 aromatic carbocycles. The third-order valence-corrected chi connectivity index (χ3v) is 2.95. The molecule has 1 aromatic rings. The van der Waals surface area contributed by atoms with Crippen LogP contribution in [0.4, 0.5) is 4.39 Å². The summed E-state index contributed by atoms with van der Waals surface area (Å²) in [5.74, 6) is 5.67. The Bertz CT molecular complexity index is 357. The lowest BCUT2D eigenvalue weighted by atomic mass is 10.00. The molecule has 0 aliphatic heterocycles. The van der Waals surface area contributed by atoms with Crippen molar-refractivity contribution in [2.24, 2.45) is 11.8 Å². The molecule has 1 aliphatic carbocycles. The van der Waals surface area contributed by atoms with Crippen molar-refractivity contribution in [3.8, 4) is 0 Å². The fourth-order valence-corrected chi connectivity index (χ4v) is 2.00. The van der Waals surface area contributed by atoms with Gasteiger partial charge in [-0.05, 0) is 30.4 Å². The largest absolute Gasteiger partial charge is 0.379 e. The molecule has 88 valence electrons. The van der Waals surface area contributed by atoms with Gasteiger partial charge in [0.15, 0.2) is 0 Å². The fraction of sp³-hybridized carbons (Fsp3) is 0.545. The lowest BCUT2D eigenvalue weighted by Gasteiger charge is -2.25. The van der Waals surface area contributed by atoms with Gasteiger partial charge in [-0.15, -0.1) is 0 Å². The Labute approximate surface area is 94.0 Å². The molecule has 0 saturated heterocycles. The maximum Gasteiger partial charge on any atom is 0.141 e. The molecule has 1 fully saturated rings. The van der Waals surface area contributed by atoms with Crippen molar-refractivity contribution in [2.45, 2.75) is 25.0 Å². The van der Waals surface area contributed by atoms with Crippen molar-refractivity contribution >= 4 is 0 Å². The number of aromatic nitrogens is 1. The number of pyridine rings is 1. The first-order valence-corrected chi connectivity index (χ1v) is 5.35. The standard InChI is InChI=1S/C11H16FN3O/c1-16-11(7-2-3-7)10(15-13)8-4-9(12)6-14-5-8/h4-7,10-11,15H,2-3,13H2,1H3. The average molecular weight is 225 g/mol. The lowest BCUT2D eigenvalue weighted by Crippen LogP contribution is -2.38. The Morgan fingerprint density at radius 3 is 2.81 bits per heavy atom. The van der Waals surface area contributed by atoms with Crippen LogP contribution in [0.5, 0.6) is 0 Å². The molecule has 1 saturated carbocycles. The maximum atomic E-state index is 13.1. The normalized spacial score (nSPS) is 19.4. The molecule has 5 heteroatoms. The van der Waals surface area contributed by atoms with Crippen LogP contribution in [0, 0.1) is 11.7 Å². The van der Waals surface area contributed by atoms with E-state index in [1.165, 1.54) is 12.3 Å². The molecule has 1 aromatic heterocycles. The molecule has 0 radical (unpaired) electrons. The minimum absolute atomic E-state index is 0.0198. The third-order valence-electron chi connectivity index (χ3n) is 2.95. The van der Waals surface area contributed by atoms with Crippen LogP contribution in [0.2, 0.25) is 0 Å². The number of nitrogens with zero attached hydrogens (tertiary/aromatic N) is 1. The number of hydrazine groups is 1. The Morgan fingerprint density at radius 1 is 1.56 bits per heavy atom. The number of hydrogen-bond donors (Lipinski definition) is 2. The topological polar surface area (TPSA) is 60.2 Å². The number of ether oxygens (including phenoxy) is 1. The number of methoxy groups -OCH3 is 1. The fourth-order valence-electron chi connectivity index (χ4n) is 2.00. The van der Waals surface area contributed by atoms with Crippen molar-refractivity contribution in [1.82, 2.24) is 10.4 Å². The number of hydrogen-bond acceptors (Lipinski definition) is 4. The molecule has 0 spiro atoms. The van der Waals surface area contributed by atoms with E-state index in [9.17, 15) is 4.39 Å². The SMILES string of the molecule is COC(C1CC1)C(NN)c1cncc(F)c1. The van der Waals surface area contributed by atoms with Crippen LogP contribution in [0.15, 0.2) is 18.5 Å². The van der Waals surface area contributed by atoms with Crippen LogP contribution in [0.25, 0.3) is 0 Å². The zero-order valence-electron chi connectivity index (χ0n) is 9.19. The minimum Gasteiger partial charge on any atom is -0.379 e. The van der Waals surface area contributed by atoms with E-state index in [4.69, 9.17) is 10.6 Å². The quantitative estimate of drug-likeness (QED) is 0.583. The molecule has 16 heavy (non-hydrogen) atoms. The summed E-state index contributed by atoms with van der Waals surface area (Å²) >= 11 is 0. The maximum absolute atomic E-state index is 13.1. The zero-order chi connectivity index (χ0) is 11.5. The van der Waals surface area contributed by atoms with E-state index in [1.54, 1.807) is 13.3 Å². The number of nitrogens with one attached hydrogen (secondary N) is 1. The van der Waals surface area contributed by atoms with Gasteiger partial charge in [-0.1, -0.05) is 0 Å². The molecule has 2 rings (SSSR count). The first-order chi connectivity index (χ1) is 7.76. The van der Waals surface area contributed by atoms with Gasteiger partial charge in [0.25, 0.3) is 0 Å². The molecule has 3 N–H and O–H groups in total.